The largest absolute Gasteiger partial charge is 0.480 e. The molecule has 3 nitrogen and oxygen atoms in total. The first-order valence-electron chi connectivity index (χ1n) is 3.84. The van der Waals surface area contributed by atoms with Gasteiger partial charge in [-0.1, -0.05) is 0 Å². The van der Waals surface area contributed by atoms with Gasteiger partial charge in [-0.05, 0) is 31.2 Å². The van der Waals surface area contributed by atoms with Gasteiger partial charge in [0.25, 0.3) is 0 Å². The molecule has 1 rings (SSSR count). The van der Waals surface area contributed by atoms with Crippen LogP contribution in [-0.4, -0.2) is 17.1 Å². The van der Waals surface area contributed by atoms with Crippen LogP contribution in [0.4, 0.5) is 10.1 Å². The van der Waals surface area contributed by atoms with Gasteiger partial charge in [-0.2, -0.15) is 0 Å². The molecule has 70 valence electrons. The molecular formula is C9H10FNO2. The van der Waals surface area contributed by atoms with Crippen molar-refractivity contribution < 1.29 is 14.3 Å². The third-order valence-electron chi connectivity index (χ3n) is 1.60. The fraction of sp³-hybridized carbons (Fsp3) is 0.222. The number of rotatable bonds is 3. The van der Waals surface area contributed by atoms with Gasteiger partial charge in [0.1, 0.15) is 11.9 Å². The van der Waals surface area contributed by atoms with Gasteiger partial charge >= 0.3 is 5.97 Å². The summed E-state index contributed by atoms with van der Waals surface area (Å²) in [7, 11) is 0. The molecule has 0 radical (unpaired) electrons. The van der Waals surface area contributed by atoms with E-state index in [2.05, 4.69) is 5.32 Å². The molecule has 1 atom stereocenters. The average molecular weight is 183 g/mol. The second-order valence-corrected chi connectivity index (χ2v) is 2.71. The normalized spacial score (nSPS) is 12.2. The molecule has 4 heteroatoms. The van der Waals surface area contributed by atoms with E-state index in [4.69, 9.17) is 5.11 Å². The van der Waals surface area contributed by atoms with E-state index in [1.807, 2.05) is 0 Å². The topological polar surface area (TPSA) is 49.3 Å². The number of benzene rings is 1. The Kier molecular flexibility index (Phi) is 2.84. The van der Waals surface area contributed by atoms with Crippen LogP contribution in [0.1, 0.15) is 6.92 Å². The maximum atomic E-state index is 12.4. The summed E-state index contributed by atoms with van der Waals surface area (Å²) in [5.41, 5.74) is 0.594. The van der Waals surface area contributed by atoms with E-state index in [1.165, 1.54) is 31.2 Å². The summed E-state index contributed by atoms with van der Waals surface area (Å²) in [6.07, 6.45) is 0. The van der Waals surface area contributed by atoms with Crippen LogP contribution in [0.3, 0.4) is 0 Å². The third kappa shape index (κ3) is 2.74. The first-order valence-corrected chi connectivity index (χ1v) is 3.84. The molecule has 13 heavy (non-hydrogen) atoms. The van der Waals surface area contributed by atoms with Crippen molar-refractivity contribution >= 4 is 11.7 Å². The van der Waals surface area contributed by atoms with E-state index in [1.54, 1.807) is 0 Å². The van der Waals surface area contributed by atoms with Gasteiger partial charge in [0.05, 0.1) is 0 Å². The van der Waals surface area contributed by atoms with Crippen LogP contribution in [0.15, 0.2) is 24.3 Å². The van der Waals surface area contributed by atoms with Crippen molar-refractivity contribution in [2.24, 2.45) is 0 Å². The van der Waals surface area contributed by atoms with E-state index in [-0.39, 0.29) is 5.82 Å². The van der Waals surface area contributed by atoms with Crippen LogP contribution in [0.5, 0.6) is 0 Å². The lowest BCUT2D eigenvalue weighted by Gasteiger charge is -2.09. The van der Waals surface area contributed by atoms with E-state index < -0.39 is 12.0 Å². The first kappa shape index (κ1) is 9.51. The summed E-state index contributed by atoms with van der Waals surface area (Å²) >= 11 is 0. The number of carboxylic acids is 1. The van der Waals surface area contributed by atoms with Crippen LogP contribution in [0.2, 0.25) is 0 Å². The predicted octanol–water partition coefficient (Wildman–Crippen LogP) is 1.71. The maximum Gasteiger partial charge on any atom is 0.325 e. The van der Waals surface area contributed by atoms with Gasteiger partial charge in [-0.3, -0.25) is 4.79 Å². The minimum absolute atomic E-state index is 0.339. The standard InChI is InChI=1S/C9H10FNO2/c1-6(9(12)13)11-8-4-2-7(10)3-5-8/h2-6,11H,1H3,(H,12,13)/t6-/m1/s1. The molecule has 0 spiro atoms. The fourth-order valence-electron chi connectivity index (χ4n) is 0.858. The van der Waals surface area contributed by atoms with Crippen molar-refractivity contribution in [3.8, 4) is 0 Å². The monoisotopic (exact) mass is 183 g/mol. The van der Waals surface area contributed by atoms with Gasteiger partial charge in [-0.25, -0.2) is 4.39 Å². The number of hydrogen-bond donors (Lipinski definition) is 2. The Balaban J connectivity index is 2.64. The average Bonchev–Trinajstić information content (AvgIpc) is 2.08. The Morgan fingerprint density at radius 1 is 1.46 bits per heavy atom. The zero-order valence-corrected chi connectivity index (χ0v) is 7.12. The molecule has 0 aliphatic rings. The van der Waals surface area contributed by atoms with E-state index >= 15 is 0 Å². The highest BCUT2D eigenvalue weighted by atomic mass is 19.1. The van der Waals surface area contributed by atoms with Crippen LogP contribution < -0.4 is 5.32 Å². The molecule has 0 saturated heterocycles. The van der Waals surface area contributed by atoms with Crippen molar-refractivity contribution in [2.75, 3.05) is 5.32 Å². The summed E-state index contributed by atoms with van der Waals surface area (Å²) in [4.78, 5) is 10.4. The highest BCUT2D eigenvalue weighted by Crippen LogP contribution is 2.09. The molecule has 0 fully saturated rings. The number of aliphatic carboxylic acids is 1. The molecule has 0 saturated carbocycles. The number of carboxylic acid groups (broad SMARTS) is 1. The lowest BCUT2D eigenvalue weighted by atomic mass is 10.2. The zero-order chi connectivity index (χ0) is 9.84. The van der Waals surface area contributed by atoms with Crippen molar-refractivity contribution in [2.45, 2.75) is 13.0 Å². The number of anilines is 1. The number of hydrogen-bond acceptors (Lipinski definition) is 2. The minimum atomic E-state index is -0.940. The van der Waals surface area contributed by atoms with Crippen molar-refractivity contribution in [1.82, 2.24) is 0 Å². The van der Waals surface area contributed by atoms with E-state index in [0.29, 0.717) is 5.69 Å². The summed E-state index contributed by atoms with van der Waals surface area (Å²) in [6.45, 7) is 1.52. The molecule has 0 bridgehead atoms. The van der Waals surface area contributed by atoms with Gasteiger partial charge in [0.2, 0.25) is 0 Å². The summed E-state index contributed by atoms with van der Waals surface area (Å²) in [5.74, 6) is -1.28. The summed E-state index contributed by atoms with van der Waals surface area (Å²) in [5, 5.41) is 11.3. The van der Waals surface area contributed by atoms with Gasteiger partial charge < -0.3 is 10.4 Å². The van der Waals surface area contributed by atoms with E-state index in [9.17, 15) is 9.18 Å². The van der Waals surface area contributed by atoms with Crippen LogP contribution in [0.25, 0.3) is 0 Å². The molecule has 0 heterocycles. The van der Waals surface area contributed by atoms with Crippen molar-refractivity contribution in [1.29, 1.82) is 0 Å². The van der Waals surface area contributed by atoms with Crippen LogP contribution >= 0.6 is 0 Å². The molecule has 0 unspecified atom stereocenters. The Bertz CT molecular complexity index is 297. The number of carbonyl (C=O) groups is 1. The van der Waals surface area contributed by atoms with E-state index in [0.717, 1.165) is 0 Å². The lowest BCUT2D eigenvalue weighted by Crippen LogP contribution is -2.25. The predicted molar refractivity (Wildman–Crippen MR) is 47.1 cm³/mol. The second kappa shape index (κ2) is 3.89. The molecule has 0 aromatic heterocycles. The molecule has 1 aromatic carbocycles. The van der Waals surface area contributed by atoms with Gasteiger partial charge in [0, 0.05) is 5.69 Å². The number of halogens is 1. The second-order valence-electron chi connectivity index (χ2n) is 2.71. The molecule has 0 aliphatic carbocycles. The molecule has 1 aromatic rings. The van der Waals surface area contributed by atoms with Crippen LogP contribution in [0, 0.1) is 5.82 Å². The van der Waals surface area contributed by atoms with Gasteiger partial charge in [0.15, 0.2) is 0 Å². The Morgan fingerprint density at radius 2 is 2.00 bits per heavy atom. The highest BCUT2D eigenvalue weighted by molar-refractivity contribution is 5.76. The Labute approximate surface area is 75.2 Å². The quantitative estimate of drug-likeness (QED) is 0.750. The molecule has 2 N–H and O–H groups in total. The Hall–Kier alpha value is -1.58. The van der Waals surface area contributed by atoms with Crippen molar-refractivity contribution in [3.63, 3.8) is 0 Å². The summed E-state index contributed by atoms with van der Waals surface area (Å²) in [6, 6.07) is 4.86. The van der Waals surface area contributed by atoms with Crippen molar-refractivity contribution in [3.05, 3.63) is 30.1 Å². The zero-order valence-electron chi connectivity index (χ0n) is 7.12. The number of nitrogens with one attached hydrogen (secondary N) is 1. The Morgan fingerprint density at radius 3 is 2.46 bits per heavy atom. The lowest BCUT2D eigenvalue weighted by molar-refractivity contribution is -0.137. The van der Waals surface area contributed by atoms with Gasteiger partial charge in [-0.15, -0.1) is 0 Å². The SMILES string of the molecule is C[C@@H](Nc1ccc(F)cc1)C(=O)O. The third-order valence-corrected chi connectivity index (χ3v) is 1.60. The smallest absolute Gasteiger partial charge is 0.325 e. The highest BCUT2D eigenvalue weighted by Gasteiger charge is 2.09. The fourth-order valence-corrected chi connectivity index (χ4v) is 0.858. The molecule has 0 amide bonds. The molecule has 0 aliphatic heterocycles. The molecular weight excluding hydrogens is 173 g/mol. The first-order chi connectivity index (χ1) is 6.09. The minimum Gasteiger partial charge on any atom is -0.480 e. The summed E-state index contributed by atoms with van der Waals surface area (Å²) < 4.78 is 12.4. The van der Waals surface area contributed by atoms with Crippen LogP contribution in [-0.2, 0) is 4.79 Å². The maximum absolute atomic E-state index is 12.4.